The molecule has 2 heteroatoms. The van der Waals surface area contributed by atoms with E-state index in [0.717, 1.165) is 13.0 Å². The van der Waals surface area contributed by atoms with Crippen molar-refractivity contribution in [3.63, 3.8) is 0 Å². The van der Waals surface area contributed by atoms with Crippen LogP contribution in [-0.2, 0) is 0 Å². The Hall–Kier alpha value is -0.0800. The lowest BCUT2D eigenvalue weighted by Gasteiger charge is -2.10. The monoisotopic (exact) mass is 116 g/mol. The highest BCUT2D eigenvalue weighted by Crippen LogP contribution is 1.87. The van der Waals surface area contributed by atoms with Crippen LogP contribution in [0.5, 0.6) is 0 Å². The minimum atomic E-state index is 0.290. The van der Waals surface area contributed by atoms with E-state index in [9.17, 15) is 0 Å². The van der Waals surface area contributed by atoms with Crippen LogP contribution in [-0.4, -0.2) is 30.2 Å². The van der Waals surface area contributed by atoms with Crippen LogP contribution in [0.25, 0.3) is 0 Å². The summed E-state index contributed by atoms with van der Waals surface area (Å²) in [5.41, 5.74) is 0. The maximum atomic E-state index is 8.37. The van der Waals surface area contributed by atoms with Gasteiger partial charge in [0.05, 0.1) is 0 Å². The Morgan fingerprint density at radius 3 is 2.62 bits per heavy atom. The second-order valence-corrected chi connectivity index (χ2v) is 1.82. The third-order valence-electron chi connectivity index (χ3n) is 1.11. The van der Waals surface area contributed by atoms with Gasteiger partial charge in [0.1, 0.15) is 0 Å². The van der Waals surface area contributed by atoms with E-state index in [1.54, 1.807) is 0 Å². The van der Waals surface area contributed by atoms with Crippen LogP contribution < -0.4 is 0 Å². The van der Waals surface area contributed by atoms with Crippen molar-refractivity contribution in [1.29, 1.82) is 0 Å². The van der Waals surface area contributed by atoms with Gasteiger partial charge in [-0.2, -0.15) is 0 Å². The van der Waals surface area contributed by atoms with Gasteiger partial charge in [-0.3, -0.25) is 0 Å². The van der Waals surface area contributed by atoms with Gasteiger partial charge in [-0.15, -0.1) is 0 Å². The van der Waals surface area contributed by atoms with Gasteiger partial charge >= 0.3 is 0 Å². The Balaban J connectivity index is 2.86. The number of hydrogen-bond donors (Lipinski definition) is 1. The molecule has 0 saturated heterocycles. The summed E-state index contributed by atoms with van der Waals surface area (Å²) in [6, 6.07) is 0. The lowest BCUT2D eigenvalue weighted by atomic mass is 10.4. The van der Waals surface area contributed by atoms with E-state index in [-0.39, 0.29) is 6.61 Å². The Labute approximate surface area is 51.1 Å². The number of aliphatic hydroxyl groups is 1. The van der Waals surface area contributed by atoms with Crippen LogP contribution in [0.15, 0.2) is 0 Å². The van der Waals surface area contributed by atoms with E-state index >= 15 is 0 Å². The number of hydrogen-bond acceptors (Lipinski definition) is 2. The zero-order chi connectivity index (χ0) is 6.41. The molecule has 8 heavy (non-hydrogen) atoms. The molecule has 0 atom stereocenters. The minimum absolute atomic E-state index is 0.290. The van der Waals surface area contributed by atoms with Crippen molar-refractivity contribution in [2.24, 2.45) is 0 Å². The second kappa shape index (κ2) is 5.06. The summed E-state index contributed by atoms with van der Waals surface area (Å²) in [6.45, 7) is 5.22. The molecule has 49 valence electrons. The molecule has 1 N–H and O–H groups in total. The molecule has 0 unspecified atom stereocenters. The Morgan fingerprint density at radius 1 is 1.62 bits per heavy atom. The van der Waals surface area contributed by atoms with E-state index in [2.05, 4.69) is 4.90 Å². The molecule has 0 aromatic rings. The maximum absolute atomic E-state index is 8.37. The van der Waals surface area contributed by atoms with Crippen molar-refractivity contribution in [3.8, 4) is 0 Å². The fourth-order valence-corrected chi connectivity index (χ4v) is 0.449. The molecule has 0 aliphatic heterocycles. The standard InChI is InChI=1S/C6H14NO/c1-3-7(2)5-4-6-8/h3,8H,4-6H2,1-2H3. The van der Waals surface area contributed by atoms with Crippen LogP contribution in [0.3, 0.4) is 0 Å². The molecule has 0 heterocycles. The summed E-state index contributed by atoms with van der Waals surface area (Å²) in [4.78, 5) is 2.05. The molecule has 0 amide bonds. The Kier molecular flexibility index (Phi) is 5.01. The van der Waals surface area contributed by atoms with Crippen molar-refractivity contribution < 1.29 is 5.11 Å². The summed E-state index contributed by atoms with van der Waals surface area (Å²) in [7, 11) is 2.00. The Bertz CT molecular complexity index is 47.8. The molecule has 2 nitrogen and oxygen atoms in total. The smallest absolute Gasteiger partial charge is 0.0443 e. The highest BCUT2D eigenvalue weighted by atomic mass is 16.3. The van der Waals surface area contributed by atoms with Gasteiger partial charge in [0.2, 0.25) is 0 Å². The van der Waals surface area contributed by atoms with Crippen LogP contribution in [0.2, 0.25) is 0 Å². The van der Waals surface area contributed by atoms with Gasteiger partial charge in [-0.25, -0.2) is 0 Å². The molecule has 0 aliphatic carbocycles. The predicted molar refractivity (Wildman–Crippen MR) is 34.3 cm³/mol. The summed E-state index contributed by atoms with van der Waals surface area (Å²) in [5, 5.41) is 8.37. The van der Waals surface area contributed by atoms with E-state index in [1.165, 1.54) is 0 Å². The summed E-state index contributed by atoms with van der Waals surface area (Å²) in [5.74, 6) is 0. The highest BCUT2D eigenvalue weighted by molar-refractivity contribution is 4.55. The molecule has 0 bridgehead atoms. The van der Waals surface area contributed by atoms with Crippen LogP contribution in [0, 0.1) is 6.54 Å². The highest BCUT2D eigenvalue weighted by Gasteiger charge is 1.90. The quantitative estimate of drug-likeness (QED) is 0.577. The molecule has 0 aromatic heterocycles. The number of aliphatic hydroxyl groups excluding tert-OH is 1. The van der Waals surface area contributed by atoms with Crippen molar-refractivity contribution in [3.05, 3.63) is 6.54 Å². The van der Waals surface area contributed by atoms with Gasteiger partial charge in [0.15, 0.2) is 0 Å². The topological polar surface area (TPSA) is 23.5 Å². The zero-order valence-electron chi connectivity index (χ0n) is 5.59. The largest absolute Gasteiger partial charge is 0.396 e. The van der Waals surface area contributed by atoms with Crippen LogP contribution >= 0.6 is 0 Å². The van der Waals surface area contributed by atoms with Gasteiger partial charge in [-0.05, 0) is 20.4 Å². The molecule has 0 aromatic carbocycles. The van der Waals surface area contributed by atoms with Crippen molar-refractivity contribution >= 4 is 0 Å². The molecule has 0 rings (SSSR count). The van der Waals surface area contributed by atoms with Crippen LogP contribution in [0.1, 0.15) is 13.3 Å². The normalized spacial score (nSPS) is 10.5. The van der Waals surface area contributed by atoms with E-state index in [4.69, 9.17) is 5.11 Å². The zero-order valence-corrected chi connectivity index (χ0v) is 5.59. The van der Waals surface area contributed by atoms with Gasteiger partial charge in [0.25, 0.3) is 0 Å². The summed E-state index contributed by atoms with van der Waals surface area (Å²) < 4.78 is 0. The molecule has 0 spiro atoms. The fraction of sp³-hybridized carbons (Fsp3) is 0.833. The SMILES string of the molecule is C[CH]N(C)CCCO. The lowest BCUT2D eigenvalue weighted by Crippen LogP contribution is -2.15. The van der Waals surface area contributed by atoms with E-state index in [1.807, 2.05) is 20.5 Å². The van der Waals surface area contributed by atoms with Crippen molar-refractivity contribution in [1.82, 2.24) is 4.90 Å². The number of rotatable bonds is 4. The first-order valence-electron chi connectivity index (χ1n) is 2.92. The molecule has 0 fully saturated rings. The predicted octanol–water partition coefficient (Wildman–Crippen LogP) is 0.482. The number of nitrogens with zero attached hydrogens (tertiary/aromatic N) is 1. The molecular weight excluding hydrogens is 102 g/mol. The fourth-order valence-electron chi connectivity index (χ4n) is 0.449. The average Bonchev–Trinajstić information content (AvgIpc) is 1.83. The van der Waals surface area contributed by atoms with Gasteiger partial charge < -0.3 is 10.0 Å². The molecule has 0 aliphatic rings. The Morgan fingerprint density at radius 2 is 2.25 bits per heavy atom. The van der Waals surface area contributed by atoms with E-state index < -0.39 is 0 Å². The first-order chi connectivity index (χ1) is 3.81. The lowest BCUT2D eigenvalue weighted by molar-refractivity contribution is 0.263. The molecular formula is C6H14NO. The maximum Gasteiger partial charge on any atom is 0.0443 e. The third-order valence-corrected chi connectivity index (χ3v) is 1.11. The average molecular weight is 116 g/mol. The first-order valence-corrected chi connectivity index (χ1v) is 2.92. The molecule has 1 radical (unpaired) electrons. The van der Waals surface area contributed by atoms with Gasteiger partial charge in [-0.1, -0.05) is 0 Å². The third kappa shape index (κ3) is 4.09. The minimum Gasteiger partial charge on any atom is -0.396 e. The molecule has 0 saturated carbocycles. The second-order valence-electron chi connectivity index (χ2n) is 1.82. The first kappa shape index (κ1) is 7.92. The van der Waals surface area contributed by atoms with Crippen molar-refractivity contribution in [2.75, 3.05) is 20.2 Å². The van der Waals surface area contributed by atoms with Crippen molar-refractivity contribution in [2.45, 2.75) is 13.3 Å². The summed E-state index contributed by atoms with van der Waals surface area (Å²) in [6.07, 6.45) is 0.862. The van der Waals surface area contributed by atoms with Crippen LogP contribution in [0.4, 0.5) is 0 Å². The van der Waals surface area contributed by atoms with Gasteiger partial charge in [0, 0.05) is 19.7 Å². The van der Waals surface area contributed by atoms with E-state index in [0.29, 0.717) is 0 Å². The summed E-state index contributed by atoms with van der Waals surface area (Å²) >= 11 is 0.